The van der Waals surface area contributed by atoms with Crippen molar-refractivity contribution in [2.24, 2.45) is 0 Å². The Morgan fingerprint density at radius 3 is 2.30 bits per heavy atom. The van der Waals surface area contributed by atoms with Gasteiger partial charge in [-0.25, -0.2) is 0 Å². The topological polar surface area (TPSA) is 0 Å². The molecule has 1 heterocycles. The van der Waals surface area contributed by atoms with E-state index >= 15 is 0 Å². The molecule has 0 radical (unpaired) electrons. The van der Waals surface area contributed by atoms with E-state index in [1.807, 2.05) is 6.08 Å². The van der Waals surface area contributed by atoms with Crippen molar-refractivity contribution in [3.8, 4) is 0 Å². The molecule has 0 amide bonds. The van der Waals surface area contributed by atoms with Gasteiger partial charge in [-0.2, -0.15) is 41.6 Å². The summed E-state index contributed by atoms with van der Waals surface area (Å²) in [6.07, 6.45) is 21.8. The van der Waals surface area contributed by atoms with E-state index < -0.39 is 0 Å². The van der Waals surface area contributed by atoms with Crippen LogP contribution in [0.3, 0.4) is 0 Å². The molecule has 0 aromatic heterocycles. The summed E-state index contributed by atoms with van der Waals surface area (Å²) >= 11 is 3.52. The Labute approximate surface area is 217 Å². The van der Waals surface area contributed by atoms with E-state index in [2.05, 4.69) is 96.5 Å². The molecular weight excluding hydrogens is 542 g/mol. The van der Waals surface area contributed by atoms with Crippen LogP contribution in [0.4, 0.5) is 0 Å². The van der Waals surface area contributed by atoms with Gasteiger partial charge in [0.15, 0.2) is 0 Å². The number of hydrogen-bond donors (Lipinski definition) is 0. The van der Waals surface area contributed by atoms with Gasteiger partial charge in [-0.3, -0.25) is 0 Å². The van der Waals surface area contributed by atoms with Crippen molar-refractivity contribution in [1.29, 1.82) is 0 Å². The standard InChI is InChI=1S/C13H18P.C9H7S.C2H6Si.2ClH.Zr/c1-9-6-11-8-10(2)14(12(11)7-9)13(3,4)5;1-10-9-6-5-7-3-2-4-8(7)9;1-3-2;;;/h7-8,10H,1-5H3;2-3,5-6H,1H3;1-2H3;2*1H;/q2*-1;;;;+2/p-2. The fourth-order valence-corrected chi connectivity index (χ4v) is 7.57. The zero-order chi connectivity index (χ0) is 21.1. The summed E-state index contributed by atoms with van der Waals surface area (Å²) in [5.74, 6) is 0. The molecule has 0 saturated carbocycles. The van der Waals surface area contributed by atoms with Crippen LogP contribution in [0.1, 0.15) is 34.6 Å². The molecule has 0 nitrogen and oxygen atoms in total. The number of rotatable bonds is 1. The molecule has 0 bridgehead atoms. The van der Waals surface area contributed by atoms with Gasteiger partial charge in [0.05, 0.1) is 0 Å². The van der Waals surface area contributed by atoms with Crippen LogP contribution in [0.15, 0.2) is 69.0 Å². The van der Waals surface area contributed by atoms with Gasteiger partial charge in [-0.1, -0.05) is 45.6 Å². The summed E-state index contributed by atoms with van der Waals surface area (Å²) in [6, 6.07) is 0. The van der Waals surface area contributed by atoms with Crippen molar-refractivity contribution >= 4 is 25.1 Å². The van der Waals surface area contributed by atoms with Gasteiger partial charge in [0.1, 0.15) is 0 Å². The molecule has 6 heteroatoms. The minimum Gasteiger partial charge on any atom is -1.00 e. The van der Waals surface area contributed by atoms with Crippen molar-refractivity contribution < 1.29 is 48.1 Å². The summed E-state index contributed by atoms with van der Waals surface area (Å²) in [6.45, 7) is 16.2. The van der Waals surface area contributed by atoms with Crippen molar-refractivity contribution in [3.05, 3.63) is 81.1 Å². The maximum Gasteiger partial charge on any atom is -1.00 e. The van der Waals surface area contributed by atoms with E-state index in [1.165, 1.54) is 27.2 Å². The smallest absolute Gasteiger partial charge is 1.00 e. The minimum atomic E-state index is -0.0292. The van der Waals surface area contributed by atoms with Crippen LogP contribution in [-0.4, -0.2) is 22.5 Å². The fourth-order valence-electron chi connectivity index (χ4n) is 3.58. The van der Waals surface area contributed by atoms with Gasteiger partial charge in [-0.15, -0.1) is 48.2 Å². The second kappa shape index (κ2) is 13.4. The third kappa shape index (κ3) is 8.20. The molecule has 0 saturated heterocycles. The molecule has 2 unspecified atom stereocenters. The summed E-state index contributed by atoms with van der Waals surface area (Å²) in [5, 5.41) is 2.00. The molecule has 4 rings (SSSR count). The van der Waals surface area contributed by atoms with E-state index in [4.69, 9.17) is 0 Å². The quantitative estimate of drug-likeness (QED) is 0.261. The predicted octanol–water partition coefficient (Wildman–Crippen LogP) is 1.51. The first kappa shape index (κ1) is 30.6. The van der Waals surface area contributed by atoms with Gasteiger partial charge in [0, 0.05) is 0 Å². The maximum absolute atomic E-state index is 3.45. The molecule has 0 aromatic carbocycles. The summed E-state index contributed by atoms with van der Waals surface area (Å²) in [5.41, 5.74) is 6.21. The number of halogens is 2. The van der Waals surface area contributed by atoms with Crippen LogP contribution in [0.25, 0.3) is 0 Å². The zero-order valence-electron chi connectivity index (χ0n) is 19.2. The number of hydrogen-bond acceptors (Lipinski definition) is 1. The van der Waals surface area contributed by atoms with Crippen LogP contribution in [0.5, 0.6) is 0 Å². The van der Waals surface area contributed by atoms with Crippen molar-refractivity contribution in [1.82, 2.24) is 0 Å². The molecule has 0 N–H and O–H groups in total. The van der Waals surface area contributed by atoms with Crippen LogP contribution < -0.4 is 24.8 Å². The normalized spacial score (nSPS) is 22.2. The zero-order valence-corrected chi connectivity index (χ0v) is 25.8. The van der Waals surface area contributed by atoms with E-state index in [-0.39, 0.29) is 38.2 Å². The largest absolute Gasteiger partial charge is 1.00 e. The average Bonchev–Trinajstić information content (AvgIpc) is 3.25. The number of fused-ring (bicyclic) bond motifs is 2. The van der Waals surface area contributed by atoms with Crippen molar-refractivity contribution in [2.75, 3.05) is 6.26 Å². The second-order valence-electron chi connectivity index (χ2n) is 8.41. The van der Waals surface area contributed by atoms with Crippen LogP contribution in [0, 0.1) is 12.2 Å². The first-order valence-electron chi connectivity index (χ1n) is 9.67. The summed E-state index contributed by atoms with van der Waals surface area (Å²) in [4.78, 5) is 1.33. The van der Waals surface area contributed by atoms with E-state index in [0.29, 0.717) is 5.16 Å². The summed E-state index contributed by atoms with van der Waals surface area (Å²) < 4.78 is 0. The Morgan fingerprint density at radius 2 is 1.77 bits per heavy atom. The fraction of sp³-hybridized carbons (Fsp3) is 0.417. The molecule has 162 valence electrons. The molecule has 1 aliphatic heterocycles. The third-order valence-electron chi connectivity index (χ3n) is 4.42. The van der Waals surface area contributed by atoms with Gasteiger partial charge < -0.3 is 24.8 Å². The molecule has 2 atom stereocenters. The summed E-state index contributed by atoms with van der Waals surface area (Å²) in [7, 11) is -0.0292. The monoisotopic (exact) mass is 570 g/mol. The Hall–Kier alpha value is 0.640. The molecule has 0 spiro atoms. The Bertz CT molecular complexity index is 866. The molecule has 0 fully saturated rings. The number of allylic oxidation sites excluding steroid dienone is 13. The van der Waals surface area contributed by atoms with Gasteiger partial charge in [-0.05, 0) is 17.1 Å². The van der Waals surface area contributed by atoms with E-state index in [9.17, 15) is 0 Å². The van der Waals surface area contributed by atoms with Crippen LogP contribution >= 0.6 is 19.7 Å². The van der Waals surface area contributed by atoms with E-state index in [1.54, 1.807) is 40.4 Å². The Kier molecular flexibility index (Phi) is 13.7. The Morgan fingerprint density at radius 1 is 1.17 bits per heavy atom. The second-order valence-corrected chi connectivity index (χ2v) is 22.0. The van der Waals surface area contributed by atoms with Crippen molar-refractivity contribution in [2.45, 2.75) is 58.5 Å². The maximum atomic E-state index is 3.45. The first-order chi connectivity index (χ1) is 13.0. The van der Waals surface area contributed by atoms with Gasteiger partial charge in [0.2, 0.25) is 0 Å². The SMILES string of the molecule is CC1=[C-]C2=CC(C)P(C(C)(C)C)C2=C1.CSC1=C2[C-]=CC=C2C=C1.C[Si](C)=[Zr+2].[Cl-].[Cl-]. The molecule has 4 aliphatic rings. The molecule has 30 heavy (non-hydrogen) atoms. The minimum absolute atomic E-state index is 0. The van der Waals surface area contributed by atoms with Crippen LogP contribution in [0.2, 0.25) is 13.1 Å². The third-order valence-corrected chi connectivity index (χ3v) is 8.50. The average molecular weight is 573 g/mol. The van der Waals surface area contributed by atoms with Crippen molar-refractivity contribution in [3.63, 3.8) is 0 Å². The van der Waals surface area contributed by atoms with Crippen LogP contribution in [-0.2, 0) is 23.3 Å². The molecular formula is C24H31Cl2PSSiZr-2. The van der Waals surface area contributed by atoms with Gasteiger partial charge in [0.25, 0.3) is 0 Å². The van der Waals surface area contributed by atoms with E-state index in [0.717, 1.165) is 5.66 Å². The Balaban J connectivity index is 0.000000465. The molecule has 3 aliphatic carbocycles. The molecule has 0 aromatic rings. The number of thioether (sulfide) groups is 1. The predicted molar refractivity (Wildman–Crippen MR) is 128 cm³/mol. The van der Waals surface area contributed by atoms with Gasteiger partial charge >= 0.3 is 41.9 Å². The first-order valence-corrected chi connectivity index (χ1v) is 18.5.